The molecule has 2 atom stereocenters. The predicted molar refractivity (Wildman–Crippen MR) is 98.8 cm³/mol. The van der Waals surface area contributed by atoms with Crippen LogP contribution < -0.4 is 4.74 Å². The Labute approximate surface area is 153 Å². The quantitative estimate of drug-likeness (QED) is 0.792. The summed E-state index contributed by atoms with van der Waals surface area (Å²) in [6.07, 6.45) is 4.57. The second kappa shape index (κ2) is 7.16. The number of carbonyl (C=O) groups excluding carboxylic acids is 2. The Balaban J connectivity index is 1.70. The minimum atomic E-state index is -0.393. The van der Waals surface area contributed by atoms with Crippen LogP contribution in [0.1, 0.15) is 37.3 Å². The number of benzene rings is 2. The highest BCUT2D eigenvalue weighted by atomic mass is 16.6. The second-order valence-electron chi connectivity index (χ2n) is 6.75. The Morgan fingerprint density at radius 3 is 2.38 bits per heavy atom. The molecule has 2 aromatic rings. The Morgan fingerprint density at radius 2 is 1.65 bits per heavy atom. The standard InChI is InChI=1S/C22H21NO3/c24-21-15-20(16-9-3-1-4-10-16)23(19-14-8-7-13-18(19)21)22(25)26-17-11-5-2-6-12-17/h1-6,9-13,19-20H,7-8,14-15H2/t19-,20+/m1/s1. The smallest absolute Gasteiger partial charge is 0.410 e. The van der Waals surface area contributed by atoms with Crippen LogP contribution in [0.3, 0.4) is 0 Å². The summed E-state index contributed by atoms with van der Waals surface area (Å²) in [5, 5.41) is 0. The summed E-state index contributed by atoms with van der Waals surface area (Å²) in [6, 6.07) is 18.3. The van der Waals surface area contributed by atoms with Crippen molar-refractivity contribution in [2.24, 2.45) is 0 Å². The molecule has 2 aromatic carbocycles. The zero-order valence-corrected chi connectivity index (χ0v) is 14.5. The lowest BCUT2D eigenvalue weighted by molar-refractivity contribution is -0.119. The summed E-state index contributed by atoms with van der Waals surface area (Å²) in [5.41, 5.74) is 1.74. The number of rotatable bonds is 2. The molecule has 1 heterocycles. The number of allylic oxidation sites excluding steroid dienone is 1. The number of carbonyl (C=O) groups is 2. The lowest BCUT2D eigenvalue weighted by Crippen LogP contribution is -2.51. The summed E-state index contributed by atoms with van der Waals surface area (Å²) in [5.74, 6) is 0.662. The van der Waals surface area contributed by atoms with Crippen molar-refractivity contribution in [1.29, 1.82) is 0 Å². The van der Waals surface area contributed by atoms with E-state index in [1.165, 1.54) is 0 Å². The highest BCUT2D eigenvalue weighted by Crippen LogP contribution is 2.39. The zero-order valence-electron chi connectivity index (χ0n) is 14.5. The van der Waals surface area contributed by atoms with Gasteiger partial charge in [0.2, 0.25) is 0 Å². The van der Waals surface area contributed by atoms with Crippen LogP contribution in [-0.2, 0) is 4.79 Å². The third-order valence-corrected chi connectivity index (χ3v) is 5.12. The van der Waals surface area contributed by atoms with E-state index in [1.807, 2.05) is 54.6 Å². The topological polar surface area (TPSA) is 46.6 Å². The number of piperidine rings is 1. The number of Topliss-reactive ketones (excluding diaryl/α,β-unsaturated/α-hetero) is 1. The number of ether oxygens (including phenoxy) is 1. The van der Waals surface area contributed by atoms with Crippen LogP contribution in [0.5, 0.6) is 5.75 Å². The number of fused-ring (bicyclic) bond motifs is 1. The molecule has 4 nitrogen and oxygen atoms in total. The van der Waals surface area contributed by atoms with Crippen molar-refractivity contribution in [3.8, 4) is 5.75 Å². The molecule has 0 bridgehead atoms. The van der Waals surface area contributed by atoms with E-state index in [2.05, 4.69) is 0 Å². The number of hydrogen-bond acceptors (Lipinski definition) is 3. The number of para-hydroxylation sites is 1. The first-order chi connectivity index (χ1) is 12.7. The summed E-state index contributed by atoms with van der Waals surface area (Å²) in [6.45, 7) is 0. The summed E-state index contributed by atoms with van der Waals surface area (Å²) in [7, 11) is 0. The van der Waals surface area contributed by atoms with E-state index in [0.29, 0.717) is 12.2 Å². The maximum absolute atomic E-state index is 13.1. The van der Waals surface area contributed by atoms with Crippen LogP contribution in [0.2, 0.25) is 0 Å². The van der Waals surface area contributed by atoms with Gasteiger partial charge in [-0.05, 0) is 37.0 Å². The fourth-order valence-corrected chi connectivity index (χ4v) is 3.91. The number of hydrogen-bond donors (Lipinski definition) is 0. The fraction of sp³-hybridized carbons (Fsp3) is 0.273. The van der Waals surface area contributed by atoms with Crippen LogP contribution in [0.25, 0.3) is 0 Å². The third-order valence-electron chi connectivity index (χ3n) is 5.12. The van der Waals surface area contributed by atoms with E-state index in [9.17, 15) is 9.59 Å². The van der Waals surface area contributed by atoms with E-state index in [-0.39, 0.29) is 17.9 Å². The molecule has 1 saturated heterocycles. The average Bonchev–Trinajstić information content (AvgIpc) is 2.69. The molecular formula is C22H21NO3. The average molecular weight is 347 g/mol. The molecule has 4 rings (SSSR count). The molecule has 1 aliphatic heterocycles. The molecule has 0 spiro atoms. The monoisotopic (exact) mass is 347 g/mol. The third kappa shape index (κ3) is 3.15. The van der Waals surface area contributed by atoms with Crippen molar-refractivity contribution in [3.63, 3.8) is 0 Å². The number of ketones is 1. The SMILES string of the molecule is O=C1C[C@@H](c2ccccc2)N(C(=O)Oc2ccccc2)[C@@H]2CCCC=C12. The normalized spacial score (nSPS) is 22.4. The molecule has 0 radical (unpaired) electrons. The number of nitrogens with zero attached hydrogens (tertiary/aromatic N) is 1. The van der Waals surface area contributed by atoms with Gasteiger partial charge in [-0.15, -0.1) is 0 Å². The lowest BCUT2D eigenvalue weighted by Gasteiger charge is -2.43. The van der Waals surface area contributed by atoms with Gasteiger partial charge < -0.3 is 4.74 Å². The van der Waals surface area contributed by atoms with E-state index >= 15 is 0 Å². The molecule has 132 valence electrons. The molecule has 0 saturated carbocycles. The predicted octanol–water partition coefficient (Wildman–Crippen LogP) is 4.68. The second-order valence-corrected chi connectivity index (χ2v) is 6.75. The Morgan fingerprint density at radius 1 is 0.962 bits per heavy atom. The van der Waals surface area contributed by atoms with E-state index in [4.69, 9.17) is 4.74 Å². The molecule has 1 amide bonds. The van der Waals surface area contributed by atoms with Crippen molar-refractivity contribution >= 4 is 11.9 Å². The Hall–Kier alpha value is -2.88. The first-order valence-electron chi connectivity index (χ1n) is 9.07. The van der Waals surface area contributed by atoms with Crippen LogP contribution in [0, 0.1) is 0 Å². The van der Waals surface area contributed by atoms with Gasteiger partial charge in [0.05, 0.1) is 12.1 Å². The molecule has 4 heteroatoms. The minimum absolute atomic E-state index is 0.146. The van der Waals surface area contributed by atoms with Gasteiger partial charge >= 0.3 is 6.09 Å². The van der Waals surface area contributed by atoms with Crippen LogP contribution >= 0.6 is 0 Å². The van der Waals surface area contributed by atoms with Crippen molar-refractivity contribution < 1.29 is 14.3 Å². The van der Waals surface area contributed by atoms with E-state index < -0.39 is 6.09 Å². The minimum Gasteiger partial charge on any atom is -0.410 e. The highest BCUT2D eigenvalue weighted by Gasteiger charge is 2.43. The summed E-state index contributed by atoms with van der Waals surface area (Å²) < 4.78 is 5.64. The molecular weight excluding hydrogens is 326 g/mol. The van der Waals surface area contributed by atoms with Gasteiger partial charge in [-0.25, -0.2) is 4.79 Å². The first-order valence-corrected chi connectivity index (χ1v) is 9.07. The molecule has 1 fully saturated rings. The molecule has 0 aromatic heterocycles. The lowest BCUT2D eigenvalue weighted by atomic mass is 9.81. The van der Waals surface area contributed by atoms with E-state index in [0.717, 1.165) is 30.4 Å². The van der Waals surface area contributed by atoms with Gasteiger partial charge in [-0.2, -0.15) is 0 Å². The van der Waals surface area contributed by atoms with Crippen molar-refractivity contribution in [1.82, 2.24) is 4.90 Å². The highest BCUT2D eigenvalue weighted by molar-refractivity contribution is 5.99. The Bertz CT molecular complexity index is 829. The Kier molecular flexibility index (Phi) is 4.57. The van der Waals surface area contributed by atoms with Crippen LogP contribution in [-0.4, -0.2) is 22.8 Å². The van der Waals surface area contributed by atoms with Crippen LogP contribution in [0.15, 0.2) is 72.3 Å². The number of likely N-dealkylation sites (tertiary alicyclic amines) is 1. The van der Waals surface area contributed by atoms with Crippen molar-refractivity contribution in [3.05, 3.63) is 77.9 Å². The van der Waals surface area contributed by atoms with Crippen LogP contribution in [0.4, 0.5) is 4.79 Å². The first kappa shape index (κ1) is 16.6. The van der Waals surface area contributed by atoms with Gasteiger partial charge in [0, 0.05) is 12.0 Å². The van der Waals surface area contributed by atoms with Gasteiger partial charge in [-0.3, -0.25) is 9.69 Å². The zero-order chi connectivity index (χ0) is 17.9. The maximum Gasteiger partial charge on any atom is 0.416 e. The molecule has 26 heavy (non-hydrogen) atoms. The van der Waals surface area contributed by atoms with Gasteiger partial charge in [-0.1, -0.05) is 54.6 Å². The fourth-order valence-electron chi connectivity index (χ4n) is 3.91. The summed E-state index contributed by atoms with van der Waals surface area (Å²) in [4.78, 5) is 27.5. The van der Waals surface area contributed by atoms with Gasteiger partial charge in [0.1, 0.15) is 5.75 Å². The molecule has 2 aliphatic rings. The van der Waals surface area contributed by atoms with Gasteiger partial charge in [0.25, 0.3) is 0 Å². The maximum atomic E-state index is 13.1. The molecule has 0 unspecified atom stereocenters. The van der Waals surface area contributed by atoms with Gasteiger partial charge in [0.15, 0.2) is 5.78 Å². The largest absolute Gasteiger partial charge is 0.416 e. The summed E-state index contributed by atoms with van der Waals surface area (Å²) >= 11 is 0. The molecule has 0 N–H and O–H groups in total. The van der Waals surface area contributed by atoms with Crippen molar-refractivity contribution in [2.75, 3.05) is 0 Å². The van der Waals surface area contributed by atoms with E-state index in [1.54, 1.807) is 17.0 Å². The number of amides is 1. The van der Waals surface area contributed by atoms with Crippen molar-refractivity contribution in [2.45, 2.75) is 37.8 Å². The molecule has 1 aliphatic carbocycles.